The molecule has 9 heteroatoms. The lowest BCUT2D eigenvalue weighted by atomic mass is 10.2. The van der Waals surface area contributed by atoms with Gasteiger partial charge in [0.05, 0.1) is 17.0 Å². The number of esters is 1. The summed E-state index contributed by atoms with van der Waals surface area (Å²) in [5.41, 5.74) is 1.63. The smallest absolute Gasteiger partial charge is 0.348 e. The second-order valence-electron chi connectivity index (χ2n) is 5.70. The molecule has 0 aliphatic heterocycles. The van der Waals surface area contributed by atoms with E-state index < -0.39 is 24.4 Å². The molecular formula is C19H15BrN2O5S. The van der Waals surface area contributed by atoms with Crippen molar-refractivity contribution in [2.45, 2.75) is 6.92 Å². The van der Waals surface area contributed by atoms with Gasteiger partial charge in [0.15, 0.2) is 12.4 Å². The zero-order valence-electron chi connectivity index (χ0n) is 14.7. The second-order valence-corrected chi connectivity index (χ2v) is 7.64. The fourth-order valence-electron chi connectivity index (χ4n) is 2.21. The van der Waals surface area contributed by atoms with Crippen molar-refractivity contribution in [3.8, 4) is 0 Å². The largest absolute Gasteiger partial charge is 0.459 e. The third kappa shape index (κ3) is 5.08. The maximum atomic E-state index is 12.1. The number of hydrogen-bond acceptors (Lipinski definition) is 6. The maximum Gasteiger partial charge on any atom is 0.348 e. The predicted molar refractivity (Wildman–Crippen MR) is 109 cm³/mol. The second kappa shape index (κ2) is 8.85. The van der Waals surface area contributed by atoms with E-state index in [9.17, 15) is 14.4 Å². The van der Waals surface area contributed by atoms with Crippen LogP contribution in [-0.4, -0.2) is 24.4 Å². The molecule has 1 aromatic carbocycles. The molecule has 28 heavy (non-hydrogen) atoms. The number of furan rings is 1. The van der Waals surface area contributed by atoms with Gasteiger partial charge in [0.2, 0.25) is 0 Å². The number of rotatable bonds is 6. The van der Waals surface area contributed by atoms with Crippen molar-refractivity contribution >= 4 is 55.7 Å². The van der Waals surface area contributed by atoms with Crippen LogP contribution in [0.3, 0.4) is 0 Å². The first-order valence-corrected chi connectivity index (χ1v) is 9.71. The normalized spacial score (nSPS) is 10.4. The minimum atomic E-state index is -0.651. The number of aryl methyl sites for hydroxylation is 1. The molecule has 3 rings (SSSR count). The van der Waals surface area contributed by atoms with Crippen LogP contribution in [0.4, 0.5) is 10.7 Å². The van der Waals surface area contributed by atoms with Gasteiger partial charge in [-0.2, -0.15) is 0 Å². The molecule has 0 aliphatic carbocycles. The SMILES string of the molecule is Cc1ccc(NC(=O)COC(=O)c2ccc(NC(=O)c3ccco3)s2)c(Br)c1. The van der Waals surface area contributed by atoms with Crippen molar-refractivity contribution in [3.63, 3.8) is 0 Å². The van der Waals surface area contributed by atoms with Gasteiger partial charge in [-0.25, -0.2) is 4.79 Å². The zero-order chi connectivity index (χ0) is 20.1. The Bertz CT molecular complexity index is 1010. The van der Waals surface area contributed by atoms with Crippen molar-refractivity contribution < 1.29 is 23.5 Å². The van der Waals surface area contributed by atoms with Crippen LogP contribution in [0.5, 0.6) is 0 Å². The quantitative estimate of drug-likeness (QED) is 0.526. The van der Waals surface area contributed by atoms with Gasteiger partial charge >= 0.3 is 5.97 Å². The van der Waals surface area contributed by atoms with Crippen LogP contribution in [0.25, 0.3) is 0 Å². The topological polar surface area (TPSA) is 97.6 Å². The fourth-order valence-corrected chi connectivity index (χ4v) is 3.59. The van der Waals surface area contributed by atoms with Gasteiger partial charge in [0.1, 0.15) is 4.88 Å². The molecule has 0 aliphatic rings. The summed E-state index contributed by atoms with van der Waals surface area (Å²) in [4.78, 5) is 36.3. The number of nitrogens with one attached hydrogen (secondary N) is 2. The maximum absolute atomic E-state index is 12.1. The molecule has 144 valence electrons. The van der Waals surface area contributed by atoms with E-state index in [1.54, 1.807) is 18.2 Å². The van der Waals surface area contributed by atoms with Crippen LogP contribution < -0.4 is 10.6 Å². The van der Waals surface area contributed by atoms with Crippen LogP contribution in [0.15, 0.2) is 57.6 Å². The average molecular weight is 463 g/mol. The fraction of sp³-hybridized carbons (Fsp3) is 0.105. The number of thiophene rings is 1. The van der Waals surface area contributed by atoms with Gasteiger partial charge in [0.25, 0.3) is 11.8 Å². The highest BCUT2D eigenvalue weighted by molar-refractivity contribution is 9.10. The van der Waals surface area contributed by atoms with Crippen molar-refractivity contribution in [2.24, 2.45) is 0 Å². The van der Waals surface area contributed by atoms with Crippen LogP contribution in [0.2, 0.25) is 0 Å². The van der Waals surface area contributed by atoms with Crippen LogP contribution in [0, 0.1) is 6.92 Å². The standard InChI is InChI=1S/C19H15BrN2O5S/c1-11-4-5-13(12(20)9-11)21-16(23)10-27-19(25)15-6-7-17(28-15)22-18(24)14-3-2-8-26-14/h2-9H,10H2,1H3,(H,21,23)(H,22,24). The van der Waals surface area contributed by atoms with Crippen LogP contribution >= 0.6 is 27.3 Å². The zero-order valence-corrected chi connectivity index (χ0v) is 17.1. The molecule has 0 spiro atoms. The molecule has 2 N–H and O–H groups in total. The molecule has 3 aromatic rings. The number of benzene rings is 1. The van der Waals surface area contributed by atoms with Gasteiger partial charge in [-0.05, 0) is 64.8 Å². The Balaban J connectivity index is 1.51. The molecule has 0 saturated carbocycles. The van der Waals surface area contributed by atoms with E-state index in [0.717, 1.165) is 21.4 Å². The summed E-state index contributed by atoms with van der Waals surface area (Å²) in [5.74, 6) is -1.37. The summed E-state index contributed by atoms with van der Waals surface area (Å²) in [7, 11) is 0. The molecule has 2 amide bonds. The van der Waals surface area contributed by atoms with Crippen LogP contribution in [-0.2, 0) is 9.53 Å². The number of carbonyl (C=O) groups is 3. The van der Waals surface area contributed by atoms with E-state index in [1.165, 1.54) is 18.4 Å². The van der Waals surface area contributed by atoms with Crippen molar-refractivity contribution in [1.29, 1.82) is 0 Å². The lowest BCUT2D eigenvalue weighted by molar-refractivity contribution is -0.119. The summed E-state index contributed by atoms with van der Waals surface area (Å²) in [6, 6.07) is 11.7. The summed E-state index contributed by atoms with van der Waals surface area (Å²) in [6.45, 7) is 1.51. The Morgan fingerprint density at radius 2 is 1.96 bits per heavy atom. The number of halogens is 1. The van der Waals surface area contributed by atoms with Gasteiger partial charge in [-0.3, -0.25) is 9.59 Å². The van der Waals surface area contributed by atoms with E-state index in [0.29, 0.717) is 10.7 Å². The minimum Gasteiger partial charge on any atom is -0.459 e. The molecule has 7 nitrogen and oxygen atoms in total. The first kappa shape index (κ1) is 19.8. The molecule has 2 aromatic heterocycles. The first-order chi connectivity index (χ1) is 13.4. The number of amides is 2. The molecule has 0 unspecified atom stereocenters. The lowest BCUT2D eigenvalue weighted by Gasteiger charge is -2.08. The third-order valence-corrected chi connectivity index (χ3v) is 5.16. The highest BCUT2D eigenvalue weighted by Gasteiger charge is 2.16. The van der Waals surface area contributed by atoms with Gasteiger partial charge < -0.3 is 19.8 Å². The van der Waals surface area contributed by atoms with E-state index in [-0.39, 0.29) is 10.6 Å². The first-order valence-electron chi connectivity index (χ1n) is 8.10. The van der Waals surface area contributed by atoms with Crippen molar-refractivity contribution in [3.05, 3.63) is 69.4 Å². The minimum absolute atomic E-state index is 0.163. The molecule has 0 fully saturated rings. The predicted octanol–water partition coefficient (Wildman–Crippen LogP) is 4.46. The van der Waals surface area contributed by atoms with E-state index >= 15 is 0 Å². The highest BCUT2D eigenvalue weighted by Crippen LogP contribution is 2.24. The van der Waals surface area contributed by atoms with E-state index in [2.05, 4.69) is 26.6 Å². The monoisotopic (exact) mass is 462 g/mol. The highest BCUT2D eigenvalue weighted by atomic mass is 79.9. The summed E-state index contributed by atoms with van der Waals surface area (Å²) in [6.07, 6.45) is 1.40. The lowest BCUT2D eigenvalue weighted by Crippen LogP contribution is -2.20. The molecule has 0 radical (unpaired) electrons. The van der Waals surface area contributed by atoms with E-state index in [4.69, 9.17) is 9.15 Å². The Hall–Kier alpha value is -2.91. The molecule has 0 atom stereocenters. The number of carbonyl (C=O) groups excluding carboxylic acids is 3. The summed E-state index contributed by atoms with van der Waals surface area (Å²) < 4.78 is 10.8. The Morgan fingerprint density at radius 1 is 1.14 bits per heavy atom. The number of ether oxygens (including phenoxy) is 1. The molecule has 2 heterocycles. The van der Waals surface area contributed by atoms with Gasteiger partial charge in [-0.15, -0.1) is 11.3 Å². The Kier molecular flexibility index (Phi) is 6.27. The summed E-state index contributed by atoms with van der Waals surface area (Å²) in [5, 5.41) is 5.75. The van der Waals surface area contributed by atoms with Crippen molar-refractivity contribution in [2.75, 3.05) is 17.2 Å². The third-order valence-electron chi connectivity index (χ3n) is 3.52. The van der Waals surface area contributed by atoms with Crippen molar-refractivity contribution in [1.82, 2.24) is 0 Å². The van der Waals surface area contributed by atoms with Crippen LogP contribution in [0.1, 0.15) is 25.8 Å². The summed E-state index contributed by atoms with van der Waals surface area (Å²) >= 11 is 4.41. The van der Waals surface area contributed by atoms with E-state index in [1.807, 2.05) is 19.1 Å². The Labute approximate surface area is 172 Å². The Morgan fingerprint density at radius 3 is 2.68 bits per heavy atom. The molecular weight excluding hydrogens is 448 g/mol. The van der Waals surface area contributed by atoms with Gasteiger partial charge in [0, 0.05) is 4.47 Å². The number of hydrogen-bond donors (Lipinski definition) is 2. The average Bonchev–Trinajstić information content (AvgIpc) is 3.34. The molecule has 0 bridgehead atoms. The van der Waals surface area contributed by atoms with Gasteiger partial charge in [-0.1, -0.05) is 6.07 Å². The number of anilines is 2. The molecule has 0 saturated heterocycles.